The molecular formula is C17H16N4. The summed E-state index contributed by atoms with van der Waals surface area (Å²) in [5.41, 5.74) is 5.92. The predicted octanol–water partition coefficient (Wildman–Crippen LogP) is 2.58. The van der Waals surface area contributed by atoms with Crippen molar-refractivity contribution in [3.05, 3.63) is 66.1 Å². The van der Waals surface area contributed by atoms with Crippen molar-refractivity contribution in [1.29, 1.82) is 0 Å². The molecule has 4 rings (SSSR count). The Hall–Kier alpha value is -2.46. The lowest BCUT2D eigenvalue weighted by Crippen LogP contribution is -2.24. The van der Waals surface area contributed by atoms with Crippen LogP contribution in [-0.4, -0.2) is 21.3 Å². The molecule has 0 saturated heterocycles. The molecule has 3 heterocycles. The fraction of sp³-hybridized carbons (Fsp3) is 0.176. The van der Waals surface area contributed by atoms with Gasteiger partial charge in [-0.1, -0.05) is 18.2 Å². The number of hydrogen-bond donors (Lipinski definition) is 1. The second-order valence-electron chi connectivity index (χ2n) is 5.18. The van der Waals surface area contributed by atoms with Gasteiger partial charge >= 0.3 is 0 Å². The number of aromatic nitrogens is 3. The van der Waals surface area contributed by atoms with E-state index < -0.39 is 0 Å². The van der Waals surface area contributed by atoms with E-state index in [2.05, 4.69) is 39.2 Å². The van der Waals surface area contributed by atoms with Crippen LogP contribution in [0.25, 0.3) is 16.9 Å². The topological polar surface area (TPSA) is 42.7 Å². The first-order chi connectivity index (χ1) is 10.4. The third-order valence-corrected chi connectivity index (χ3v) is 3.88. The fourth-order valence-electron chi connectivity index (χ4n) is 2.87. The molecule has 0 unspecified atom stereocenters. The van der Waals surface area contributed by atoms with Crippen LogP contribution in [-0.2, 0) is 13.0 Å². The SMILES string of the molecule is c1ccc(-n2nc(-c3ccncc3)c3c2CCNC3)cc1. The Morgan fingerprint density at radius 1 is 1.00 bits per heavy atom. The fourth-order valence-corrected chi connectivity index (χ4v) is 2.87. The molecule has 0 aliphatic carbocycles. The van der Waals surface area contributed by atoms with E-state index in [1.54, 1.807) is 0 Å². The van der Waals surface area contributed by atoms with Crippen LogP contribution in [0.5, 0.6) is 0 Å². The Labute approximate surface area is 123 Å². The van der Waals surface area contributed by atoms with Crippen molar-refractivity contribution >= 4 is 0 Å². The Morgan fingerprint density at radius 3 is 2.62 bits per heavy atom. The van der Waals surface area contributed by atoms with Gasteiger partial charge in [-0.15, -0.1) is 0 Å². The van der Waals surface area contributed by atoms with Crippen molar-refractivity contribution in [3.8, 4) is 16.9 Å². The molecule has 1 aromatic carbocycles. The van der Waals surface area contributed by atoms with Crippen LogP contribution >= 0.6 is 0 Å². The number of rotatable bonds is 2. The molecule has 21 heavy (non-hydrogen) atoms. The van der Waals surface area contributed by atoms with E-state index in [0.717, 1.165) is 36.5 Å². The van der Waals surface area contributed by atoms with Crippen LogP contribution in [0.1, 0.15) is 11.3 Å². The maximum absolute atomic E-state index is 4.88. The number of nitrogens with zero attached hydrogens (tertiary/aromatic N) is 3. The molecule has 4 nitrogen and oxygen atoms in total. The second-order valence-corrected chi connectivity index (χ2v) is 5.18. The van der Waals surface area contributed by atoms with Gasteiger partial charge in [-0.25, -0.2) is 4.68 Å². The average Bonchev–Trinajstić information content (AvgIpc) is 2.96. The quantitative estimate of drug-likeness (QED) is 0.782. The minimum Gasteiger partial charge on any atom is -0.312 e. The summed E-state index contributed by atoms with van der Waals surface area (Å²) in [5.74, 6) is 0. The molecular weight excluding hydrogens is 260 g/mol. The van der Waals surface area contributed by atoms with Crippen molar-refractivity contribution in [2.45, 2.75) is 13.0 Å². The Bertz CT molecular complexity index is 683. The summed E-state index contributed by atoms with van der Waals surface area (Å²) in [4.78, 5) is 4.10. The third kappa shape index (κ3) is 2.14. The van der Waals surface area contributed by atoms with Crippen LogP contribution < -0.4 is 5.32 Å². The molecule has 0 saturated carbocycles. The van der Waals surface area contributed by atoms with Gasteiger partial charge in [0.25, 0.3) is 0 Å². The van der Waals surface area contributed by atoms with Gasteiger partial charge in [-0.05, 0) is 24.3 Å². The standard InChI is InChI=1S/C17H16N4/c1-2-4-14(5-3-1)21-16-8-11-19-12-15(16)17(20-21)13-6-9-18-10-7-13/h1-7,9-10,19H,8,11-12H2. The molecule has 0 fully saturated rings. The second kappa shape index (κ2) is 5.14. The summed E-state index contributed by atoms with van der Waals surface area (Å²) in [5, 5.41) is 8.33. The van der Waals surface area contributed by atoms with Crippen LogP contribution in [0.2, 0.25) is 0 Å². The molecule has 1 N–H and O–H groups in total. The summed E-state index contributed by atoms with van der Waals surface area (Å²) in [7, 11) is 0. The van der Waals surface area contributed by atoms with Crippen LogP contribution in [0.15, 0.2) is 54.9 Å². The number of fused-ring (bicyclic) bond motifs is 1. The largest absolute Gasteiger partial charge is 0.312 e. The summed E-state index contributed by atoms with van der Waals surface area (Å²) in [6.45, 7) is 1.88. The van der Waals surface area contributed by atoms with E-state index in [9.17, 15) is 0 Å². The van der Waals surface area contributed by atoms with Gasteiger partial charge in [0, 0.05) is 43.0 Å². The molecule has 4 heteroatoms. The molecule has 0 radical (unpaired) electrons. The van der Waals surface area contributed by atoms with Gasteiger partial charge in [-0.3, -0.25) is 4.98 Å². The van der Waals surface area contributed by atoms with Gasteiger partial charge in [0.05, 0.1) is 17.1 Å². The maximum Gasteiger partial charge on any atom is 0.0976 e. The van der Waals surface area contributed by atoms with Crippen molar-refractivity contribution < 1.29 is 0 Å². The molecule has 2 aromatic heterocycles. The van der Waals surface area contributed by atoms with E-state index in [0.29, 0.717) is 0 Å². The molecule has 0 bridgehead atoms. The van der Waals surface area contributed by atoms with Gasteiger partial charge in [-0.2, -0.15) is 5.10 Å². The lowest BCUT2D eigenvalue weighted by molar-refractivity contribution is 0.623. The first-order valence-corrected chi connectivity index (χ1v) is 7.21. The van der Waals surface area contributed by atoms with E-state index in [1.807, 2.05) is 30.6 Å². The highest BCUT2D eigenvalue weighted by Gasteiger charge is 2.22. The molecule has 1 aliphatic heterocycles. The van der Waals surface area contributed by atoms with E-state index in [4.69, 9.17) is 5.10 Å². The van der Waals surface area contributed by atoms with E-state index in [-0.39, 0.29) is 0 Å². The van der Waals surface area contributed by atoms with Crippen LogP contribution in [0.3, 0.4) is 0 Å². The van der Waals surface area contributed by atoms with Crippen LogP contribution in [0, 0.1) is 0 Å². The highest BCUT2D eigenvalue weighted by Crippen LogP contribution is 2.29. The molecule has 3 aromatic rings. The zero-order chi connectivity index (χ0) is 14.1. The smallest absolute Gasteiger partial charge is 0.0976 e. The van der Waals surface area contributed by atoms with Gasteiger partial charge < -0.3 is 5.32 Å². The molecule has 0 amide bonds. The summed E-state index contributed by atoms with van der Waals surface area (Å²) < 4.78 is 2.09. The first kappa shape index (κ1) is 12.3. The van der Waals surface area contributed by atoms with E-state index >= 15 is 0 Å². The average molecular weight is 276 g/mol. The highest BCUT2D eigenvalue weighted by atomic mass is 15.3. The lowest BCUT2D eigenvalue weighted by Gasteiger charge is -2.15. The number of hydrogen-bond acceptors (Lipinski definition) is 3. The Morgan fingerprint density at radius 2 is 1.81 bits per heavy atom. The number of benzene rings is 1. The zero-order valence-corrected chi connectivity index (χ0v) is 11.7. The number of pyridine rings is 1. The monoisotopic (exact) mass is 276 g/mol. The number of nitrogens with one attached hydrogen (secondary N) is 1. The molecule has 0 atom stereocenters. The van der Waals surface area contributed by atoms with E-state index in [1.165, 1.54) is 11.3 Å². The Kier molecular flexibility index (Phi) is 3.01. The first-order valence-electron chi connectivity index (χ1n) is 7.21. The third-order valence-electron chi connectivity index (χ3n) is 3.88. The summed E-state index contributed by atoms with van der Waals surface area (Å²) >= 11 is 0. The molecule has 1 aliphatic rings. The maximum atomic E-state index is 4.88. The Balaban J connectivity index is 1.92. The zero-order valence-electron chi connectivity index (χ0n) is 11.7. The highest BCUT2D eigenvalue weighted by molar-refractivity contribution is 5.64. The normalized spacial score (nSPS) is 13.9. The molecule has 0 spiro atoms. The predicted molar refractivity (Wildman–Crippen MR) is 82.2 cm³/mol. The number of para-hydroxylation sites is 1. The van der Waals surface area contributed by atoms with Gasteiger partial charge in [0.15, 0.2) is 0 Å². The minimum absolute atomic E-state index is 0.875. The van der Waals surface area contributed by atoms with Crippen molar-refractivity contribution in [2.24, 2.45) is 0 Å². The van der Waals surface area contributed by atoms with Crippen LogP contribution in [0.4, 0.5) is 0 Å². The molecule has 104 valence electrons. The summed E-state index contributed by atoms with van der Waals surface area (Å²) in [6.07, 6.45) is 4.64. The minimum atomic E-state index is 0.875. The van der Waals surface area contributed by atoms with Gasteiger partial charge in [0.2, 0.25) is 0 Å². The summed E-state index contributed by atoms with van der Waals surface area (Å²) in [6, 6.07) is 14.4. The van der Waals surface area contributed by atoms with Crippen molar-refractivity contribution in [3.63, 3.8) is 0 Å². The van der Waals surface area contributed by atoms with Gasteiger partial charge in [0.1, 0.15) is 0 Å². The van der Waals surface area contributed by atoms with Crippen molar-refractivity contribution in [1.82, 2.24) is 20.1 Å². The lowest BCUT2D eigenvalue weighted by atomic mass is 10.0. The van der Waals surface area contributed by atoms with Crippen molar-refractivity contribution in [2.75, 3.05) is 6.54 Å².